The summed E-state index contributed by atoms with van der Waals surface area (Å²) in [5.41, 5.74) is 0.783. The van der Waals surface area contributed by atoms with Crippen LogP contribution in [-0.2, 0) is 14.8 Å². The summed E-state index contributed by atoms with van der Waals surface area (Å²) in [6, 6.07) is 10.8. The number of anilines is 2. The van der Waals surface area contributed by atoms with E-state index in [9.17, 15) is 18.0 Å². The molecule has 2 aromatic carbocycles. The molecule has 0 bridgehead atoms. The third-order valence-corrected chi connectivity index (χ3v) is 5.77. The molecule has 1 aliphatic heterocycles. The molecule has 0 radical (unpaired) electrons. The van der Waals surface area contributed by atoms with Crippen molar-refractivity contribution in [1.29, 1.82) is 0 Å². The molecule has 9 heteroatoms. The van der Waals surface area contributed by atoms with E-state index in [1.807, 2.05) is 0 Å². The molecule has 2 aromatic rings. The molecule has 8 nitrogen and oxygen atoms in total. The quantitative estimate of drug-likeness (QED) is 0.838. The summed E-state index contributed by atoms with van der Waals surface area (Å²) >= 11 is 0. The van der Waals surface area contributed by atoms with Crippen molar-refractivity contribution in [2.24, 2.45) is 0 Å². The lowest BCUT2D eigenvalue weighted by Crippen LogP contribution is -2.29. The van der Waals surface area contributed by atoms with E-state index in [1.54, 1.807) is 18.2 Å². The second-order valence-corrected chi connectivity index (χ2v) is 7.73. The second kappa shape index (κ2) is 7.28. The summed E-state index contributed by atoms with van der Waals surface area (Å²) < 4.78 is 35.2. The van der Waals surface area contributed by atoms with Crippen molar-refractivity contribution in [3.8, 4) is 11.5 Å². The predicted octanol–water partition coefficient (Wildman–Crippen LogP) is 2.02. The van der Waals surface area contributed by atoms with Crippen LogP contribution < -0.4 is 19.1 Å². The Hall–Kier alpha value is -3.07. The van der Waals surface area contributed by atoms with Gasteiger partial charge in [0.1, 0.15) is 11.5 Å². The zero-order valence-corrected chi connectivity index (χ0v) is 15.6. The van der Waals surface area contributed by atoms with Crippen LogP contribution in [0.2, 0.25) is 0 Å². The second-order valence-electron chi connectivity index (χ2n) is 5.79. The van der Waals surface area contributed by atoms with Gasteiger partial charge in [0.15, 0.2) is 0 Å². The van der Waals surface area contributed by atoms with Crippen molar-refractivity contribution in [3.63, 3.8) is 0 Å². The molecule has 0 aromatic heterocycles. The molecule has 1 fully saturated rings. The number of hydrogen-bond donors (Lipinski definition) is 1. The molecule has 27 heavy (non-hydrogen) atoms. The Balaban J connectivity index is 1.88. The lowest BCUT2D eigenvalue weighted by molar-refractivity contribution is -0.116. The van der Waals surface area contributed by atoms with Crippen LogP contribution in [0.25, 0.3) is 0 Å². The van der Waals surface area contributed by atoms with Crippen LogP contribution in [0.3, 0.4) is 0 Å². The van der Waals surface area contributed by atoms with E-state index in [1.165, 1.54) is 38.5 Å². The number of carbonyl (C=O) groups is 2. The first-order valence-corrected chi connectivity index (χ1v) is 9.66. The largest absolute Gasteiger partial charge is 0.497 e. The number of hydrogen-bond acceptors (Lipinski definition) is 6. The molecule has 1 heterocycles. The topological polar surface area (TPSA) is 102 Å². The van der Waals surface area contributed by atoms with Crippen LogP contribution in [0.1, 0.15) is 16.8 Å². The van der Waals surface area contributed by atoms with Gasteiger partial charge in [0.2, 0.25) is 15.9 Å². The van der Waals surface area contributed by atoms with E-state index in [-0.39, 0.29) is 23.4 Å². The number of rotatable bonds is 5. The van der Waals surface area contributed by atoms with Crippen LogP contribution in [0.15, 0.2) is 42.5 Å². The zero-order valence-electron chi connectivity index (χ0n) is 14.8. The molecule has 0 unspecified atom stereocenters. The Labute approximate surface area is 156 Å². The molecule has 142 valence electrons. The molecular formula is C18H18N2O6S. The van der Waals surface area contributed by atoms with Crippen LogP contribution in [-0.4, -0.2) is 40.2 Å². The summed E-state index contributed by atoms with van der Waals surface area (Å²) in [7, 11) is -0.704. The van der Waals surface area contributed by atoms with Gasteiger partial charge in [-0.1, -0.05) is 6.07 Å². The monoisotopic (exact) mass is 390 g/mol. The number of amides is 2. The van der Waals surface area contributed by atoms with Crippen molar-refractivity contribution < 1.29 is 27.5 Å². The zero-order chi connectivity index (χ0) is 19.6. The predicted molar refractivity (Wildman–Crippen MR) is 99.8 cm³/mol. The minimum absolute atomic E-state index is 0.0677. The Bertz CT molecular complexity index is 1000. The van der Waals surface area contributed by atoms with Crippen molar-refractivity contribution >= 4 is 33.2 Å². The molecule has 1 aliphatic rings. The van der Waals surface area contributed by atoms with E-state index in [2.05, 4.69) is 5.32 Å². The van der Waals surface area contributed by atoms with Gasteiger partial charge in [-0.2, -0.15) is 0 Å². The SMILES string of the molecule is COc1ccc(NC(=O)c2cccc(N3C(=O)CCS3(=O)=O)c2)c(OC)c1. The number of carbonyl (C=O) groups excluding carboxylic acids is 2. The van der Waals surface area contributed by atoms with Crippen molar-refractivity contribution in [1.82, 2.24) is 0 Å². The summed E-state index contributed by atoms with van der Waals surface area (Å²) in [6.07, 6.45) is -0.0677. The summed E-state index contributed by atoms with van der Waals surface area (Å²) in [4.78, 5) is 24.5. The normalized spacial score (nSPS) is 15.5. The third-order valence-electron chi connectivity index (χ3n) is 4.08. The third kappa shape index (κ3) is 3.72. The Morgan fingerprint density at radius 2 is 1.89 bits per heavy atom. The van der Waals surface area contributed by atoms with E-state index in [0.717, 1.165) is 4.31 Å². The lowest BCUT2D eigenvalue weighted by atomic mass is 10.1. The first-order chi connectivity index (χ1) is 12.9. The average molecular weight is 390 g/mol. The van der Waals surface area contributed by atoms with Gasteiger partial charge in [-0.05, 0) is 30.3 Å². The minimum Gasteiger partial charge on any atom is -0.497 e. The van der Waals surface area contributed by atoms with Gasteiger partial charge in [0, 0.05) is 18.1 Å². The summed E-state index contributed by atoms with van der Waals surface area (Å²) in [5, 5.41) is 2.71. The fourth-order valence-corrected chi connectivity index (χ4v) is 4.19. The highest BCUT2D eigenvalue weighted by Gasteiger charge is 2.36. The van der Waals surface area contributed by atoms with Crippen molar-refractivity contribution in [2.45, 2.75) is 6.42 Å². The Kier molecular flexibility index (Phi) is 5.04. The standard InChI is InChI=1S/C18H18N2O6S/c1-25-14-6-7-15(16(11-14)26-2)19-18(22)12-4-3-5-13(10-12)20-17(21)8-9-27(20,23)24/h3-7,10-11H,8-9H2,1-2H3,(H,19,22). The van der Waals surface area contributed by atoms with Gasteiger partial charge in [-0.25, -0.2) is 12.7 Å². The highest BCUT2D eigenvalue weighted by Crippen LogP contribution is 2.30. The molecule has 0 saturated carbocycles. The highest BCUT2D eigenvalue weighted by molar-refractivity contribution is 7.94. The number of sulfonamides is 1. The molecule has 1 saturated heterocycles. The van der Waals surface area contributed by atoms with E-state index in [0.29, 0.717) is 17.2 Å². The number of nitrogens with one attached hydrogen (secondary N) is 1. The molecule has 0 aliphatic carbocycles. The van der Waals surface area contributed by atoms with Gasteiger partial charge in [-0.3, -0.25) is 9.59 Å². The first kappa shape index (κ1) is 18.7. The molecule has 0 atom stereocenters. The van der Waals surface area contributed by atoms with Gasteiger partial charge in [-0.15, -0.1) is 0 Å². The Morgan fingerprint density at radius 1 is 1.11 bits per heavy atom. The number of nitrogens with zero attached hydrogens (tertiary/aromatic N) is 1. The van der Waals surface area contributed by atoms with Gasteiger partial charge in [0.05, 0.1) is 31.3 Å². The molecule has 1 N–H and O–H groups in total. The lowest BCUT2D eigenvalue weighted by Gasteiger charge is -2.16. The summed E-state index contributed by atoms with van der Waals surface area (Å²) in [6.45, 7) is 0. The van der Waals surface area contributed by atoms with Crippen LogP contribution in [0.5, 0.6) is 11.5 Å². The summed E-state index contributed by atoms with van der Waals surface area (Å²) in [5.74, 6) is -0.222. The number of ether oxygens (including phenoxy) is 2. The smallest absolute Gasteiger partial charge is 0.255 e. The van der Waals surface area contributed by atoms with Crippen LogP contribution in [0.4, 0.5) is 11.4 Å². The minimum atomic E-state index is -3.69. The van der Waals surface area contributed by atoms with E-state index < -0.39 is 21.8 Å². The van der Waals surface area contributed by atoms with E-state index in [4.69, 9.17) is 9.47 Å². The molecular weight excluding hydrogens is 372 g/mol. The fraction of sp³-hybridized carbons (Fsp3) is 0.222. The Morgan fingerprint density at radius 3 is 2.52 bits per heavy atom. The number of methoxy groups -OCH3 is 2. The maximum atomic E-state index is 12.6. The molecule has 3 rings (SSSR count). The highest BCUT2D eigenvalue weighted by atomic mass is 32.2. The van der Waals surface area contributed by atoms with Gasteiger partial charge >= 0.3 is 0 Å². The van der Waals surface area contributed by atoms with Gasteiger partial charge in [0.25, 0.3) is 5.91 Å². The van der Waals surface area contributed by atoms with Gasteiger partial charge < -0.3 is 14.8 Å². The van der Waals surface area contributed by atoms with E-state index >= 15 is 0 Å². The van der Waals surface area contributed by atoms with Crippen molar-refractivity contribution in [2.75, 3.05) is 29.6 Å². The van der Waals surface area contributed by atoms with Crippen molar-refractivity contribution in [3.05, 3.63) is 48.0 Å². The molecule has 2 amide bonds. The van der Waals surface area contributed by atoms with Crippen LogP contribution >= 0.6 is 0 Å². The maximum absolute atomic E-state index is 12.6. The molecule has 0 spiro atoms. The average Bonchev–Trinajstić information content (AvgIpc) is 2.94. The van der Waals surface area contributed by atoms with Crippen LogP contribution in [0, 0.1) is 0 Å². The fourth-order valence-electron chi connectivity index (χ4n) is 2.74. The maximum Gasteiger partial charge on any atom is 0.255 e. The number of benzene rings is 2. The first-order valence-electron chi connectivity index (χ1n) is 8.05.